The third kappa shape index (κ3) is 5.04. The van der Waals surface area contributed by atoms with E-state index in [-0.39, 0.29) is 6.61 Å². The second-order valence-electron chi connectivity index (χ2n) is 3.45. The van der Waals surface area contributed by atoms with Crippen molar-refractivity contribution in [3.05, 3.63) is 34.9 Å². The molecule has 0 amide bonds. The Morgan fingerprint density at radius 3 is 2.22 bits per heavy atom. The second-order valence-corrected chi connectivity index (χ2v) is 3.88. The Labute approximate surface area is 112 Å². The van der Waals surface area contributed by atoms with Crippen molar-refractivity contribution in [2.45, 2.75) is 20.1 Å². The molecule has 0 aliphatic heterocycles. The number of hydrogen-bond donors (Lipinski definition) is 0. The van der Waals surface area contributed by atoms with Gasteiger partial charge in [0.2, 0.25) is 0 Å². The minimum absolute atomic E-state index is 0.0726. The number of rotatable bonds is 7. The fraction of sp³-hybridized carbons (Fsp3) is 0.462. The Bertz CT molecular complexity index is 358. The maximum Gasteiger partial charge on any atom is 0.338 e. The van der Waals surface area contributed by atoms with Gasteiger partial charge >= 0.3 is 5.97 Å². The Balaban J connectivity index is 2.46. The summed E-state index contributed by atoms with van der Waals surface area (Å²) in [6, 6.07) is 6.50. The summed E-state index contributed by atoms with van der Waals surface area (Å²) in [5.41, 5.74) is 0.450. The molecule has 0 unspecified atom stereocenters. The molecule has 4 nitrogen and oxygen atoms in total. The zero-order valence-corrected chi connectivity index (χ0v) is 11.3. The van der Waals surface area contributed by atoms with Crippen molar-refractivity contribution in [2.24, 2.45) is 0 Å². The number of ether oxygens (including phenoxy) is 3. The van der Waals surface area contributed by atoms with E-state index in [4.69, 9.17) is 25.8 Å². The Kier molecular flexibility index (Phi) is 6.72. The van der Waals surface area contributed by atoms with Gasteiger partial charge in [-0.1, -0.05) is 11.6 Å². The predicted molar refractivity (Wildman–Crippen MR) is 68.8 cm³/mol. The molecule has 0 heterocycles. The SMILES string of the molecule is CCOC(COC(=O)c1ccc(Cl)cc1)OCC. The third-order valence-electron chi connectivity index (χ3n) is 2.14. The molecule has 0 N–H and O–H groups in total. The van der Waals surface area contributed by atoms with Crippen molar-refractivity contribution in [1.29, 1.82) is 0 Å². The van der Waals surface area contributed by atoms with Gasteiger partial charge in [-0.05, 0) is 38.1 Å². The number of halogens is 1. The van der Waals surface area contributed by atoms with Crippen molar-refractivity contribution in [1.82, 2.24) is 0 Å². The lowest BCUT2D eigenvalue weighted by Gasteiger charge is -2.16. The molecule has 1 aromatic rings. The van der Waals surface area contributed by atoms with Gasteiger partial charge in [-0.2, -0.15) is 0 Å². The summed E-state index contributed by atoms with van der Waals surface area (Å²) in [6.45, 7) is 4.79. The molecular weight excluding hydrogens is 256 g/mol. The lowest BCUT2D eigenvalue weighted by atomic mass is 10.2. The number of carbonyl (C=O) groups excluding carboxylic acids is 1. The average molecular weight is 273 g/mol. The molecule has 5 heteroatoms. The summed E-state index contributed by atoms with van der Waals surface area (Å²) in [6.07, 6.45) is -0.517. The molecule has 100 valence electrons. The van der Waals surface area contributed by atoms with E-state index in [0.29, 0.717) is 23.8 Å². The van der Waals surface area contributed by atoms with Crippen molar-refractivity contribution < 1.29 is 19.0 Å². The summed E-state index contributed by atoms with van der Waals surface area (Å²) in [4.78, 5) is 11.7. The topological polar surface area (TPSA) is 44.8 Å². The van der Waals surface area contributed by atoms with Crippen LogP contribution in [-0.2, 0) is 14.2 Å². The first kappa shape index (κ1) is 15.0. The van der Waals surface area contributed by atoms with Crippen LogP contribution in [0.15, 0.2) is 24.3 Å². The molecule has 0 bridgehead atoms. The maximum atomic E-state index is 11.7. The largest absolute Gasteiger partial charge is 0.457 e. The van der Waals surface area contributed by atoms with Crippen molar-refractivity contribution in [3.63, 3.8) is 0 Å². The zero-order chi connectivity index (χ0) is 13.4. The van der Waals surface area contributed by atoms with Gasteiger partial charge in [-0.3, -0.25) is 0 Å². The maximum absolute atomic E-state index is 11.7. The molecule has 0 fully saturated rings. The van der Waals surface area contributed by atoms with Gasteiger partial charge < -0.3 is 14.2 Å². The van der Waals surface area contributed by atoms with E-state index in [0.717, 1.165) is 0 Å². The van der Waals surface area contributed by atoms with E-state index in [9.17, 15) is 4.79 Å². The summed E-state index contributed by atoms with van der Waals surface area (Å²) < 4.78 is 15.6. The standard InChI is InChI=1S/C13H17ClO4/c1-3-16-12(17-4-2)9-18-13(15)10-5-7-11(14)8-6-10/h5-8,12H,3-4,9H2,1-2H3. The highest BCUT2D eigenvalue weighted by molar-refractivity contribution is 6.30. The minimum atomic E-state index is -0.517. The van der Waals surface area contributed by atoms with Crippen molar-refractivity contribution >= 4 is 17.6 Å². The van der Waals surface area contributed by atoms with Crippen LogP contribution in [0.4, 0.5) is 0 Å². The zero-order valence-electron chi connectivity index (χ0n) is 10.5. The van der Waals surface area contributed by atoms with Crippen LogP contribution < -0.4 is 0 Å². The highest BCUT2D eigenvalue weighted by atomic mass is 35.5. The minimum Gasteiger partial charge on any atom is -0.457 e. The fourth-order valence-corrected chi connectivity index (χ4v) is 1.46. The van der Waals surface area contributed by atoms with Gasteiger partial charge in [0.1, 0.15) is 6.61 Å². The van der Waals surface area contributed by atoms with E-state index in [1.165, 1.54) is 0 Å². The Morgan fingerprint density at radius 1 is 1.17 bits per heavy atom. The molecule has 1 aromatic carbocycles. The van der Waals surface area contributed by atoms with Crippen molar-refractivity contribution in [3.8, 4) is 0 Å². The Hall–Kier alpha value is -1.10. The normalized spacial score (nSPS) is 10.7. The van der Waals surface area contributed by atoms with Gasteiger partial charge in [-0.15, -0.1) is 0 Å². The van der Waals surface area contributed by atoms with Gasteiger partial charge in [-0.25, -0.2) is 4.79 Å². The lowest BCUT2D eigenvalue weighted by Crippen LogP contribution is -2.25. The van der Waals surface area contributed by atoms with Gasteiger partial charge in [0.05, 0.1) is 5.56 Å². The molecule has 0 atom stereocenters. The smallest absolute Gasteiger partial charge is 0.338 e. The van der Waals surface area contributed by atoms with Crippen LogP contribution >= 0.6 is 11.6 Å². The number of carbonyl (C=O) groups is 1. The quantitative estimate of drug-likeness (QED) is 0.565. The summed E-state index contributed by atoms with van der Waals surface area (Å²) in [5.74, 6) is -0.420. The third-order valence-corrected chi connectivity index (χ3v) is 2.39. The molecule has 0 saturated carbocycles. The summed E-state index contributed by atoms with van der Waals surface area (Å²) >= 11 is 5.73. The van der Waals surface area contributed by atoms with E-state index in [1.54, 1.807) is 24.3 Å². The molecule has 0 spiro atoms. The number of esters is 1. The Morgan fingerprint density at radius 2 is 1.72 bits per heavy atom. The van der Waals surface area contributed by atoms with E-state index in [1.807, 2.05) is 13.8 Å². The first-order chi connectivity index (χ1) is 8.67. The van der Waals surface area contributed by atoms with Crippen LogP contribution in [0.2, 0.25) is 5.02 Å². The average Bonchev–Trinajstić information content (AvgIpc) is 2.37. The highest BCUT2D eigenvalue weighted by Crippen LogP contribution is 2.10. The highest BCUT2D eigenvalue weighted by Gasteiger charge is 2.13. The molecule has 0 aromatic heterocycles. The lowest BCUT2D eigenvalue weighted by molar-refractivity contribution is -0.158. The monoisotopic (exact) mass is 272 g/mol. The number of benzene rings is 1. The molecule has 0 saturated heterocycles. The van der Waals surface area contributed by atoms with E-state index < -0.39 is 12.3 Å². The van der Waals surface area contributed by atoms with Crippen LogP contribution in [0.1, 0.15) is 24.2 Å². The van der Waals surface area contributed by atoms with Crippen LogP contribution in [0.5, 0.6) is 0 Å². The molecule has 1 rings (SSSR count). The van der Waals surface area contributed by atoms with Crippen LogP contribution in [0.25, 0.3) is 0 Å². The predicted octanol–water partition coefficient (Wildman–Crippen LogP) is 2.90. The van der Waals surface area contributed by atoms with Crippen LogP contribution in [-0.4, -0.2) is 32.1 Å². The van der Waals surface area contributed by atoms with Crippen molar-refractivity contribution in [2.75, 3.05) is 19.8 Å². The molecular formula is C13H17ClO4. The molecule has 0 radical (unpaired) electrons. The molecule has 0 aliphatic carbocycles. The van der Waals surface area contributed by atoms with E-state index >= 15 is 0 Å². The van der Waals surface area contributed by atoms with Gasteiger partial charge in [0, 0.05) is 18.2 Å². The number of hydrogen-bond acceptors (Lipinski definition) is 4. The van der Waals surface area contributed by atoms with Gasteiger partial charge in [0.15, 0.2) is 6.29 Å². The molecule has 18 heavy (non-hydrogen) atoms. The van der Waals surface area contributed by atoms with Crippen LogP contribution in [0.3, 0.4) is 0 Å². The van der Waals surface area contributed by atoms with Gasteiger partial charge in [0.25, 0.3) is 0 Å². The fourth-order valence-electron chi connectivity index (χ4n) is 1.33. The first-order valence-electron chi connectivity index (χ1n) is 5.83. The van der Waals surface area contributed by atoms with Crippen LogP contribution in [0, 0.1) is 0 Å². The second kappa shape index (κ2) is 8.08. The van der Waals surface area contributed by atoms with E-state index in [2.05, 4.69) is 0 Å². The summed E-state index contributed by atoms with van der Waals surface area (Å²) in [7, 11) is 0. The summed E-state index contributed by atoms with van der Waals surface area (Å²) in [5, 5.41) is 0.577. The molecule has 0 aliphatic rings. The first-order valence-corrected chi connectivity index (χ1v) is 6.21.